The summed E-state index contributed by atoms with van der Waals surface area (Å²) in [6.45, 7) is 0. The summed E-state index contributed by atoms with van der Waals surface area (Å²) in [6.07, 6.45) is -5.08. The van der Waals surface area contributed by atoms with Crippen molar-refractivity contribution < 1.29 is 13.2 Å². The fourth-order valence-electron chi connectivity index (χ4n) is 1.11. The van der Waals surface area contributed by atoms with Crippen molar-refractivity contribution in [1.82, 2.24) is 0 Å². The Balaban J connectivity index is 6.43. The molecule has 0 rings (SSSR count). The maximum Gasteiger partial charge on any atom is 0.426 e. The van der Waals surface area contributed by atoms with Crippen LogP contribution in [0.2, 0.25) is 0 Å². The second-order valence-electron chi connectivity index (χ2n) is 4.41. The summed E-state index contributed by atoms with van der Waals surface area (Å²) in [4.78, 5) is 0. The first-order valence-electron chi connectivity index (χ1n) is 5.29. The van der Waals surface area contributed by atoms with Gasteiger partial charge in [-0.05, 0) is 6.08 Å². The zero-order chi connectivity index (χ0) is 21.8. The highest BCUT2D eigenvalue weighted by Gasteiger charge is 2.76. The maximum atomic E-state index is 12.6. The molecule has 0 radical (unpaired) electrons. The van der Waals surface area contributed by atoms with E-state index in [4.69, 9.17) is 162 Å². The van der Waals surface area contributed by atoms with Crippen molar-refractivity contribution in [2.24, 2.45) is 0 Å². The molecule has 0 aromatic heterocycles. The van der Waals surface area contributed by atoms with Gasteiger partial charge in [-0.25, -0.2) is 0 Å². The summed E-state index contributed by atoms with van der Waals surface area (Å²) in [5.41, 5.74) is 0. The molecule has 0 bridgehead atoms. The average molecular weight is 662 g/mol. The van der Waals surface area contributed by atoms with Crippen LogP contribution in [0.1, 0.15) is 0 Å². The van der Waals surface area contributed by atoms with E-state index in [1.54, 1.807) is 0 Å². The molecular weight excluding hydrogens is 661 g/mol. The van der Waals surface area contributed by atoms with Crippen LogP contribution < -0.4 is 0 Å². The van der Waals surface area contributed by atoms with Crippen molar-refractivity contribution in [2.45, 2.75) is 31.6 Å². The molecule has 0 aliphatic rings. The zero-order valence-corrected chi connectivity index (χ0v) is 21.6. The van der Waals surface area contributed by atoms with Crippen molar-refractivity contribution >= 4 is 162 Å². The van der Waals surface area contributed by atoms with E-state index >= 15 is 0 Å². The standard InChI is InChI=1S/C9HCl14F3/c10-2(4(24,25)26)1-3(11,12)5(13,14)6(15,16)7(17,18)8(19,20)9(21,22)23/h1H. The Hall–Kier alpha value is 3.59. The van der Waals surface area contributed by atoms with Crippen LogP contribution in [-0.2, 0) is 0 Å². The minimum absolute atomic E-state index is 0.0134. The molecule has 156 valence electrons. The van der Waals surface area contributed by atoms with E-state index in [0.29, 0.717) is 0 Å². The van der Waals surface area contributed by atoms with Crippen LogP contribution >= 0.6 is 162 Å². The summed E-state index contributed by atoms with van der Waals surface area (Å²) in [7, 11) is 0. The number of allylic oxidation sites excluding steroid dienone is 2. The summed E-state index contributed by atoms with van der Waals surface area (Å²) < 4.78 is 20.3. The predicted octanol–water partition coefficient (Wildman–Crippen LogP) is 9.91. The molecule has 0 amide bonds. The van der Waals surface area contributed by atoms with Crippen LogP contribution in [0.4, 0.5) is 13.2 Å². The Kier molecular flexibility index (Phi) is 10.1. The van der Waals surface area contributed by atoms with Gasteiger partial charge in [-0.15, -0.1) is 0 Å². The average Bonchev–Trinajstić information content (AvgIpc) is 2.34. The van der Waals surface area contributed by atoms with E-state index in [1.807, 2.05) is 0 Å². The fraction of sp³-hybridized carbons (Fsp3) is 0.778. The van der Waals surface area contributed by atoms with Crippen molar-refractivity contribution in [1.29, 1.82) is 0 Å². The van der Waals surface area contributed by atoms with Gasteiger partial charge < -0.3 is 0 Å². The van der Waals surface area contributed by atoms with Gasteiger partial charge in [-0.2, -0.15) is 13.2 Å². The van der Waals surface area contributed by atoms with Crippen LogP contribution in [0.25, 0.3) is 0 Å². The molecule has 26 heavy (non-hydrogen) atoms. The Morgan fingerprint density at radius 1 is 0.538 bits per heavy atom. The highest BCUT2D eigenvalue weighted by molar-refractivity contribution is 6.82. The molecule has 0 saturated heterocycles. The normalized spacial score (nSPS) is 16.9. The van der Waals surface area contributed by atoms with E-state index in [0.717, 1.165) is 0 Å². The lowest BCUT2D eigenvalue weighted by molar-refractivity contribution is -0.0848. The van der Waals surface area contributed by atoms with Gasteiger partial charge in [0.05, 0.1) is 0 Å². The quantitative estimate of drug-likeness (QED) is 0.257. The van der Waals surface area contributed by atoms with E-state index in [1.165, 1.54) is 0 Å². The van der Waals surface area contributed by atoms with Crippen LogP contribution in [0, 0.1) is 0 Å². The third-order valence-electron chi connectivity index (χ3n) is 2.54. The number of alkyl halides is 16. The number of hydrogen-bond acceptors (Lipinski definition) is 0. The summed E-state index contributed by atoms with van der Waals surface area (Å²) in [6, 6.07) is 0. The third-order valence-corrected chi connectivity index (χ3v) is 11.2. The molecule has 0 heterocycles. The second-order valence-corrected chi connectivity index (χ2v) is 13.8. The zero-order valence-electron chi connectivity index (χ0n) is 11.0. The molecule has 0 nitrogen and oxygen atoms in total. The summed E-state index contributed by atoms with van der Waals surface area (Å²) in [5, 5.41) is -1.82. The largest absolute Gasteiger partial charge is 0.426 e. The molecular formula is C9HCl14F3. The SMILES string of the molecule is FC(F)(F)C(Cl)=CC(Cl)(Cl)C(Cl)(Cl)C(Cl)(Cl)C(Cl)(Cl)C(Cl)(Cl)C(Cl)(Cl)Cl. The van der Waals surface area contributed by atoms with Crippen molar-refractivity contribution in [3.63, 3.8) is 0 Å². The molecule has 0 atom stereocenters. The first-order valence-corrected chi connectivity index (χ1v) is 10.6. The lowest BCUT2D eigenvalue weighted by atomic mass is 10.1. The minimum Gasteiger partial charge on any atom is -0.165 e. The maximum absolute atomic E-state index is 12.6. The second kappa shape index (κ2) is 8.85. The molecule has 0 saturated carbocycles. The van der Waals surface area contributed by atoms with Gasteiger partial charge in [0.25, 0.3) is 0 Å². The highest BCUT2D eigenvalue weighted by atomic mass is 35.6. The Morgan fingerprint density at radius 2 is 0.846 bits per heavy atom. The first-order chi connectivity index (χ1) is 10.9. The van der Waals surface area contributed by atoms with Crippen LogP contribution in [-0.4, -0.2) is 31.6 Å². The predicted molar refractivity (Wildman–Crippen MR) is 112 cm³/mol. The van der Waals surface area contributed by atoms with E-state index in [-0.39, 0.29) is 6.08 Å². The van der Waals surface area contributed by atoms with Gasteiger partial charge in [0, 0.05) is 0 Å². The molecule has 0 aromatic rings. The van der Waals surface area contributed by atoms with Crippen molar-refractivity contribution in [3.05, 3.63) is 11.1 Å². The fourth-order valence-corrected chi connectivity index (χ4v) is 5.01. The van der Waals surface area contributed by atoms with Crippen LogP contribution in [0.15, 0.2) is 11.1 Å². The van der Waals surface area contributed by atoms with Gasteiger partial charge in [0.15, 0.2) is 17.3 Å². The lowest BCUT2D eigenvalue weighted by Gasteiger charge is -2.50. The smallest absolute Gasteiger partial charge is 0.165 e. The summed E-state index contributed by atoms with van der Waals surface area (Å²) in [5.74, 6) is 0. The number of halogens is 17. The molecule has 0 unspecified atom stereocenters. The van der Waals surface area contributed by atoms with Gasteiger partial charge in [-0.3, -0.25) is 0 Å². The van der Waals surface area contributed by atoms with E-state index in [9.17, 15) is 13.2 Å². The first kappa shape index (κ1) is 29.6. The topological polar surface area (TPSA) is 0 Å². The Bertz CT molecular complexity index is 555. The van der Waals surface area contributed by atoms with E-state index in [2.05, 4.69) is 0 Å². The highest BCUT2D eigenvalue weighted by Crippen LogP contribution is 2.69. The van der Waals surface area contributed by atoms with Crippen molar-refractivity contribution in [3.8, 4) is 0 Å². The Labute approximate surface area is 216 Å². The monoisotopic (exact) mass is 656 g/mol. The molecule has 17 heteroatoms. The molecule has 0 spiro atoms. The minimum atomic E-state index is -5.07. The molecule has 0 fully saturated rings. The van der Waals surface area contributed by atoms with Gasteiger partial charge >= 0.3 is 6.18 Å². The third kappa shape index (κ3) is 5.49. The molecule has 0 N–H and O–H groups in total. The van der Waals surface area contributed by atoms with Crippen LogP contribution in [0.3, 0.4) is 0 Å². The number of hydrogen-bond donors (Lipinski definition) is 0. The molecule has 0 aliphatic carbocycles. The lowest BCUT2D eigenvalue weighted by Crippen LogP contribution is -2.65. The van der Waals surface area contributed by atoms with Gasteiger partial charge in [-0.1, -0.05) is 162 Å². The van der Waals surface area contributed by atoms with Gasteiger partial charge in [0.1, 0.15) is 5.03 Å². The molecule has 0 aromatic carbocycles. The van der Waals surface area contributed by atoms with E-state index < -0.39 is 36.7 Å². The molecule has 0 aliphatic heterocycles. The van der Waals surface area contributed by atoms with Gasteiger partial charge in [0.2, 0.25) is 8.13 Å². The van der Waals surface area contributed by atoms with Crippen LogP contribution in [0.5, 0.6) is 0 Å². The van der Waals surface area contributed by atoms with Crippen molar-refractivity contribution in [2.75, 3.05) is 0 Å². The number of rotatable bonds is 5. The Morgan fingerprint density at radius 3 is 1.12 bits per heavy atom. The summed E-state index contributed by atoms with van der Waals surface area (Å²) >= 11 is 80.6.